The number of benzene rings is 1. The van der Waals surface area contributed by atoms with Gasteiger partial charge < -0.3 is 5.32 Å². The monoisotopic (exact) mass is 413 g/mol. The number of carbonyl (C=O) groups excluding carboxylic acids is 1. The molecule has 1 amide bonds. The van der Waals surface area contributed by atoms with E-state index in [1.54, 1.807) is 9.20 Å². The molecule has 3 aromatic heterocycles. The highest BCUT2D eigenvalue weighted by atomic mass is 35.5. The molecule has 29 heavy (non-hydrogen) atoms. The Labute approximate surface area is 170 Å². The minimum absolute atomic E-state index is 0.161. The van der Waals surface area contributed by atoms with Crippen molar-refractivity contribution in [1.29, 1.82) is 0 Å². The van der Waals surface area contributed by atoms with Crippen molar-refractivity contribution >= 4 is 28.8 Å². The molecule has 10 heteroatoms. The number of fused-ring (bicyclic) bond motifs is 1. The van der Waals surface area contributed by atoms with Crippen LogP contribution in [0.3, 0.4) is 0 Å². The van der Waals surface area contributed by atoms with E-state index < -0.39 is 5.82 Å². The zero-order valence-corrected chi connectivity index (χ0v) is 16.5. The fraction of sp³-hybridized carbons (Fsp3) is 0.211. The number of halogens is 2. The van der Waals surface area contributed by atoms with Gasteiger partial charge in [0.25, 0.3) is 0 Å². The van der Waals surface area contributed by atoms with Crippen molar-refractivity contribution in [3.63, 3.8) is 0 Å². The van der Waals surface area contributed by atoms with E-state index in [1.807, 2.05) is 26.0 Å². The van der Waals surface area contributed by atoms with Gasteiger partial charge in [-0.15, -0.1) is 15.3 Å². The molecule has 148 valence electrons. The summed E-state index contributed by atoms with van der Waals surface area (Å²) in [4.78, 5) is 12.3. The van der Waals surface area contributed by atoms with Crippen molar-refractivity contribution in [2.24, 2.45) is 0 Å². The summed E-state index contributed by atoms with van der Waals surface area (Å²) in [5.74, 6) is -0.0364. The fourth-order valence-electron chi connectivity index (χ4n) is 3.13. The lowest BCUT2D eigenvalue weighted by Gasteiger charge is -2.08. The Balaban J connectivity index is 1.50. The van der Waals surface area contributed by atoms with Crippen LogP contribution in [0.5, 0.6) is 0 Å². The van der Waals surface area contributed by atoms with E-state index in [9.17, 15) is 9.18 Å². The van der Waals surface area contributed by atoms with Gasteiger partial charge in [-0.05, 0) is 56.2 Å². The molecule has 0 saturated heterocycles. The van der Waals surface area contributed by atoms with Crippen LogP contribution >= 0.6 is 11.6 Å². The van der Waals surface area contributed by atoms with Crippen LogP contribution in [0.4, 0.5) is 10.1 Å². The van der Waals surface area contributed by atoms with Crippen molar-refractivity contribution in [3.8, 4) is 5.82 Å². The number of anilines is 1. The van der Waals surface area contributed by atoms with E-state index in [-0.39, 0.29) is 17.4 Å². The predicted octanol–water partition coefficient (Wildman–Crippen LogP) is 3.29. The second-order valence-corrected chi connectivity index (χ2v) is 6.97. The standard InChI is InChI=1S/C19H17ClFN7O/c1-11-14(4-8-19(29)23-16-5-3-13(21)9-15(16)20)12(2)28(25-11)18-7-6-17-24-22-10-27(17)26-18/h3,5-7,9-10H,4,8H2,1-2H3,(H,23,29). The Morgan fingerprint density at radius 3 is 2.83 bits per heavy atom. The maximum absolute atomic E-state index is 13.1. The number of hydrogen-bond donors (Lipinski definition) is 1. The van der Waals surface area contributed by atoms with Crippen LogP contribution in [-0.4, -0.2) is 35.5 Å². The molecule has 0 fully saturated rings. The van der Waals surface area contributed by atoms with Crippen molar-refractivity contribution in [1.82, 2.24) is 29.6 Å². The maximum atomic E-state index is 13.1. The molecule has 3 heterocycles. The Bertz CT molecular complexity index is 1220. The first kappa shape index (κ1) is 19.0. The lowest BCUT2D eigenvalue weighted by atomic mass is 10.1. The van der Waals surface area contributed by atoms with Crippen molar-refractivity contribution in [2.45, 2.75) is 26.7 Å². The first-order valence-electron chi connectivity index (χ1n) is 8.90. The largest absolute Gasteiger partial charge is 0.325 e. The molecule has 0 atom stereocenters. The number of nitrogens with zero attached hydrogens (tertiary/aromatic N) is 6. The SMILES string of the molecule is Cc1nn(-c2ccc3nncn3n2)c(C)c1CCC(=O)Nc1ccc(F)cc1Cl. The van der Waals surface area contributed by atoms with Crippen LogP contribution in [0.15, 0.2) is 36.7 Å². The Hall–Kier alpha value is -3.33. The third-order valence-corrected chi connectivity index (χ3v) is 4.93. The summed E-state index contributed by atoms with van der Waals surface area (Å²) in [5, 5.41) is 19.6. The molecule has 0 aliphatic carbocycles. The predicted molar refractivity (Wildman–Crippen MR) is 106 cm³/mol. The minimum atomic E-state index is -0.454. The average Bonchev–Trinajstić information content (AvgIpc) is 3.26. The van der Waals surface area contributed by atoms with Gasteiger partial charge in [0.15, 0.2) is 11.5 Å². The second-order valence-electron chi connectivity index (χ2n) is 6.56. The molecule has 0 spiro atoms. The molecule has 1 N–H and O–H groups in total. The third kappa shape index (κ3) is 3.81. The van der Waals surface area contributed by atoms with Gasteiger partial charge in [0.2, 0.25) is 5.91 Å². The number of amides is 1. The first-order valence-corrected chi connectivity index (χ1v) is 9.27. The molecule has 0 saturated carbocycles. The summed E-state index contributed by atoms with van der Waals surface area (Å²) >= 11 is 5.96. The molecule has 0 bridgehead atoms. The topological polar surface area (TPSA) is 90.0 Å². The number of hydrogen-bond acceptors (Lipinski definition) is 5. The van der Waals surface area contributed by atoms with Gasteiger partial charge in [0.05, 0.1) is 16.4 Å². The Morgan fingerprint density at radius 2 is 2.03 bits per heavy atom. The second kappa shape index (κ2) is 7.59. The molecule has 4 aromatic rings. The maximum Gasteiger partial charge on any atom is 0.224 e. The highest BCUT2D eigenvalue weighted by Crippen LogP contribution is 2.23. The molecule has 0 unspecified atom stereocenters. The van der Waals surface area contributed by atoms with Crippen LogP contribution in [0.2, 0.25) is 5.02 Å². The van der Waals surface area contributed by atoms with E-state index in [1.165, 1.54) is 18.5 Å². The van der Waals surface area contributed by atoms with E-state index in [2.05, 4.69) is 25.7 Å². The summed E-state index contributed by atoms with van der Waals surface area (Å²) in [7, 11) is 0. The van der Waals surface area contributed by atoms with Gasteiger partial charge in [0.1, 0.15) is 12.1 Å². The molecule has 0 aliphatic heterocycles. The highest BCUT2D eigenvalue weighted by Gasteiger charge is 2.16. The van der Waals surface area contributed by atoms with Crippen molar-refractivity contribution in [2.75, 3.05) is 5.32 Å². The summed E-state index contributed by atoms with van der Waals surface area (Å²) in [6, 6.07) is 7.48. The van der Waals surface area contributed by atoms with E-state index in [0.29, 0.717) is 23.6 Å². The number of carbonyl (C=O) groups is 1. The molecular weight excluding hydrogens is 397 g/mol. The van der Waals surface area contributed by atoms with Gasteiger partial charge in [-0.1, -0.05) is 11.6 Å². The van der Waals surface area contributed by atoms with E-state index >= 15 is 0 Å². The molecule has 8 nitrogen and oxygen atoms in total. The van der Waals surface area contributed by atoms with Gasteiger partial charge in [-0.3, -0.25) is 4.79 Å². The molecule has 1 aromatic carbocycles. The summed E-state index contributed by atoms with van der Waals surface area (Å²) in [5.41, 5.74) is 3.71. The van der Waals surface area contributed by atoms with Gasteiger partial charge >= 0.3 is 0 Å². The van der Waals surface area contributed by atoms with Crippen LogP contribution < -0.4 is 5.32 Å². The number of aryl methyl sites for hydroxylation is 1. The first-order chi connectivity index (χ1) is 13.9. The highest BCUT2D eigenvalue weighted by molar-refractivity contribution is 6.33. The van der Waals surface area contributed by atoms with Crippen molar-refractivity contribution < 1.29 is 9.18 Å². The zero-order chi connectivity index (χ0) is 20.5. The van der Waals surface area contributed by atoms with Gasteiger partial charge in [0, 0.05) is 12.1 Å². The van der Waals surface area contributed by atoms with Gasteiger partial charge in [-0.25, -0.2) is 9.07 Å². The smallest absolute Gasteiger partial charge is 0.224 e. The summed E-state index contributed by atoms with van der Waals surface area (Å²) in [6.45, 7) is 3.83. The Kier molecular flexibility index (Phi) is 4.98. The number of nitrogens with one attached hydrogen (secondary N) is 1. The molecule has 0 radical (unpaired) electrons. The molecule has 4 rings (SSSR count). The number of rotatable bonds is 5. The molecular formula is C19H17ClFN7O. The quantitative estimate of drug-likeness (QED) is 0.542. The fourth-order valence-corrected chi connectivity index (χ4v) is 3.35. The lowest BCUT2D eigenvalue weighted by Crippen LogP contribution is -2.13. The average molecular weight is 414 g/mol. The number of aromatic nitrogens is 6. The normalized spacial score (nSPS) is 11.2. The third-order valence-electron chi connectivity index (χ3n) is 4.61. The summed E-state index contributed by atoms with van der Waals surface area (Å²) in [6.07, 6.45) is 2.26. The van der Waals surface area contributed by atoms with E-state index in [4.69, 9.17) is 11.6 Å². The van der Waals surface area contributed by atoms with Crippen LogP contribution in [-0.2, 0) is 11.2 Å². The van der Waals surface area contributed by atoms with E-state index in [0.717, 1.165) is 23.0 Å². The zero-order valence-electron chi connectivity index (χ0n) is 15.7. The van der Waals surface area contributed by atoms with Crippen LogP contribution in [0.1, 0.15) is 23.4 Å². The van der Waals surface area contributed by atoms with Crippen LogP contribution in [0, 0.1) is 19.7 Å². The summed E-state index contributed by atoms with van der Waals surface area (Å²) < 4.78 is 16.4. The van der Waals surface area contributed by atoms with Crippen LogP contribution in [0.25, 0.3) is 11.5 Å². The lowest BCUT2D eigenvalue weighted by molar-refractivity contribution is -0.116. The molecule has 0 aliphatic rings. The van der Waals surface area contributed by atoms with Gasteiger partial charge in [-0.2, -0.15) is 9.61 Å². The Morgan fingerprint density at radius 1 is 1.21 bits per heavy atom. The minimum Gasteiger partial charge on any atom is -0.325 e. The van der Waals surface area contributed by atoms with Crippen molar-refractivity contribution in [3.05, 3.63) is 64.5 Å².